The number of anilines is 1. The minimum Gasteiger partial charge on any atom is -0.369 e. The lowest BCUT2D eigenvalue weighted by Gasteiger charge is -1.93. The number of nitrogens with two attached hydrogens (primary N) is 1. The molecule has 1 aromatic rings. The summed E-state index contributed by atoms with van der Waals surface area (Å²) >= 11 is 18.2. The van der Waals surface area contributed by atoms with Gasteiger partial charge in [-0.25, -0.2) is 0 Å². The van der Waals surface area contributed by atoms with Crippen molar-refractivity contribution in [1.29, 1.82) is 0 Å². The van der Waals surface area contributed by atoms with E-state index in [2.05, 4.69) is 39.4 Å². The van der Waals surface area contributed by atoms with E-state index in [0.29, 0.717) is 10.4 Å². The van der Waals surface area contributed by atoms with Crippen LogP contribution in [-0.4, -0.2) is 15.0 Å². The standard InChI is InChI=1S/C3H6N4P2S4/c4-1-5-2(8(10)11)7-3(6-1)9(12)13/h7H,(H,10,11)(H,12,13)(H3,4,5,6). The first-order valence-electron chi connectivity index (χ1n) is 2.95. The highest BCUT2D eigenvalue weighted by molar-refractivity contribution is 8.53. The first-order valence-corrected chi connectivity index (χ1v) is 9.96. The Balaban J connectivity index is 3.88. The van der Waals surface area contributed by atoms with Gasteiger partial charge >= 0.3 is 0 Å². The van der Waals surface area contributed by atoms with Crippen LogP contribution < -0.4 is 5.73 Å². The van der Waals surface area contributed by atoms with Crippen molar-refractivity contribution in [1.82, 2.24) is 15.0 Å². The predicted molar refractivity (Wildman–Crippen MR) is 70.4 cm³/mol. The van der Waals surface area contributed by atoms with E-state index in [4.69, 9.17) is 29.3 Å². The quantitative estimate of drug-likeness (QED) is 0.374. The van der Waals surface area contributed by atoms with Crippen LogP contribution in [0.15, 0.2) is 0 Å². The molecule has 0 radical (unpaired) electrons. The molecule has 2 unspecified atom stereocenters. The van der Waals surface area contributed by atoms with Crippen LogP contribution in [0.2, 0.25) is 0 Å². The van der Waals surface area contributed by atoms with Crippen molar-refractivity contribution >= 4 is 65.1 Å². The predicted octanol–water partition coefficient (Wildman–Crippen LogP) is 1.96. The number of hydrogen-bond donors (Lipinski definition) is 5. The summed E-state index contributed by atoms with van der Waals surface area (Å²) in [4.78, 5) is 9.69. The van der Waals surface area contributed by atoms with Crippen LogP contribution in [0.4, 0.5) is 5.95 Å². The zero-order valence-electron chi connectivity index (χ0n) is 6.13. The fourth-order valence-corrected chi connectivity index (χ4v) is 2.63. The van der Waals surface area contributed by atoms with E-state index < -0.39 is 11.0 Å². The molecule has 1 heterocycles. The van der Waals surface area contributed by atoms with Crippen LogP contribution >= 0.6 is 35.5 Å². The smallest absolute Gasteiger partial charge is 0.201 e. The van der Waals surface area contributed by atoms with Crippen LogP contribution in [0, 0.1) is 10.4 Å². The normalized spacial score (nSPS) is 15.2. The first kappa shape index (κ1) is 11.6. The molecule has 4 nitrogen and oxygen atoms in total. The Morgan fingerprint density at radius 2 is 1.85 bits per heavy atom. The van der Waals surface area contributed by atoms with Gasteiger partial charge in [0.15, 0.2) is 10.4 Å². The van der Waals surface area contributed by atoms with Gasteiger partial charge in [-0.05, 0) is 23.6 Å². The summed E-state index contributed by atoms with van der Waals surface area (Å²) in [6, 6.07) is 0. The maximum absolute atomic E-state index is 5.51. The summed E-state index contributed by atoms with van der Waals surface area (Å²) < 4.78 is 0. The fraction of sp³-hybridized carbons (Fsp3) is 0. The van der Waals surface area contributed by atoms with Crippen LogP contribution in [0.25, 0.3) is 0 Å². The van der Waals surface area contributed by atoms with Crippen molar-refractivity contribution in [3.8, 4) is 0 Å². The van der Waals surface area contributed by atoms with Gasteiger partial charge in [0.25, 0.3) is 0 Å². The number of thiol groups is 2. The summed E-state index contributed by atoms with van der Waals surface area (Å²) in [6.45, 7) is 0. The van der Waals surface area contributed by atoms with E-state index in [0.717, 1.165) is 0 Å². The Morgan fingerprint density at radius 3 is 2.31 bits per heavy atom. The third-order valence-corrected chi connectivity index (χ3v) is 4.49. The fourth-order valence-electron chi connectivity index (χ4n) is 0.615. The first-order chi connectivity index (χ1) is 6.00. The summed E-state index contributed by atoms with van der Waals surface area (Å²) in [6.07, 6.45) is 0. The van der Waals surface area contributed by atoms with Gasteiger partial charge in [0.2, 0.25) is 5.95 Å². The summed E-state index contributed by atoms with van der Waals surface area (Å²) in [5.74, 6) is 0.279. The van der Waals surface area contributed by atoms with Crippen LogP contribution in [0.3, 0.4) is 0 Å². The number of rotatable bonds is 0. The number of hydrogen-bond acceptors (Lipinski definition) is 4. The molecule has 4 N–H and O–H groups in total. The van der Waals surface area contributed by atoms with Crippen molar-refractivity contribution in [3.63, 3.8) is 0 Å². The summed E-state index contributed by atoms with van der Waals surface area (Å²) in [7, 11) is 0. The maximum atomic E-state index is 5.51. The average Bonchev–Trinajstić information content (AvgIpc) is 2.03. The highest BCUT2D eigenvalue weighted by Crippen LogP contribution is 2.19. The monoisotopic (exact) mass is 288 g/mol. The summed E-state index contributed by atoms with van der Waals surface area (Å²) in [5.41, 5.74) is 3.52. The van der Waals surface area contributed by atoms with Gasteiger partial charge in [0.05, 0.1) is 0 Å². The van der Waals surface area contributed by atoms with Gasteiger partial charge < -0.3 is 15.7 Å². The molecule has 2 atom stereocenters. The van der Waals surface area contributed by atoms with Gasteiger partial charge in [-0.3, -0.25) is 0 Å². The van der Waals surface area contributed by atoms with Crippen molar-refractivity contribution < 1.29 is 0 Å². The third kappa shape index (κ3) is 3.31. The van der Waals surface area contributed by atoms with E-state index >= 15 is 0 Å². The van der Waals surface area contributed by atoms with Gasteiger partial charge in [-0.15, -0.1) is 24.5 Å². The van der Waals surface area contributed by atoms with Gasteiger partial charge in [-0.1, -0.05) is 0 Å². The van der Waals surface area contributed by atoms with Crippen molar-refractivity contribution in [2.45, 2.75) is 0 Å². The highest BCUT2D eigenvalue weighted by atomic mass is 32.9. The molecule has 0 saturated heterocycles. The number of aromatic nitrogens is 3. The van der Waals surface area contributed by atoms with E-state index in [1.54, 1.807) is 0 Å². The molecule has 0 bridgehead atoms. The topological polar surface area (TPSA) is 70.5 Å². The molecule has 1 rings (SSSR count). The molecule has 10 heteroatoms. The Hall–Kier alpha value is 0.550. The average molecular weight is 288 g/mol. The van der Waals surface area contributed by atoms with E-state index in [1.807, 2.05) is 0 Å². The van der Waals surface area contributed by atoms with Crippen LogP contribution in [0.1, 0.15) is 0 Å². The SMILES string of the molecule is Nc1n/c(=P(=S)\S)[nH]/c(=P(=S)/S)[nH]1. The second kappa shape index (κ2) is 4.87. The minimum absolute atomic E-state index is 0.279. The molecular formula is C3H6N4P2S4. The van der Waals surface area contributed by atoms with E-state index in [-0.39, 0.29) is 5.95 Å². The molecule has 0 amide bonds. The number of nitrogen functional groups attached to an aromatic ring is 1. The molecule has 0 saturated carbocycles. The van der Waals surface area contributed by atoms with Gasteiger partial charge in [0.1, 0.15) is 0 Å². The van der Waals surface area contributed by atoms with Crippen molar-refractivity contribution in [2.24, 2.45) is 0 Å². The Bertz CT molecular complexity index is 497. The Kier molecular flexibility index (Phi) is 4.35. The largest absolute Gasteiger partial charge is 0.369 e. The van der Waals surface area contributed by atoms with Gasteiger partial charge in [-0.2, -0.15) is 4.98 Å². The molecular weight excluding hydrogens is 282 g/mol. The second-order valence-corrected chi connectivity index (χ2v) is 10.1. The number of aromatic amines is 2. The molecule has 0 aliphatic carbocycles. The van der Waals surface area contributed by atoms with Crippen LogP contribution in [0.5, 0.6) is 0 Å². The minimum atomic E-state index is -1.01. The summed E-state index contributed by atoms with van der Waals surface area (Å²) in [5, 5.41) is 1.24. The molecule has 72 valence electrons. The number of H-pyrrole nitrogens is 2. The lowest BCUT2D eigenvalue weighted by molar-refractivity contribution is 1.02. The molecule has 0 spiro atoms. The molecule has 13 heavy (non-hydrogen) atoms. The highest BCUT2D eigenvalue weighted by Gasteiger charge is 1.89. The molecule has 1 aromatic heterocycles. The number of nitrogens with one attached hydrogen (secondary N) is 2. The van der Waals surface area contributed by atoms with Crippen molar-refractivity contribution in [2.75, 3.05) is 5.73 Å². The second-order valence-electron chi connectivity index (χ2n) is 1.97. The van der Waals surface area contributed by atoms with Gasteiger partial charge in [0, 0.05) is 11.0 Å². The Labute approximate surface area is 95.8 Å². The molecule has 0 aromatic carbocycles. The lowest BCUT2D eigenvalue weighted by Crippen LogP contribution is -1.96. The zero-order valence-corrected chi connectivity index (χ0v) is 11.3. The third-order valence-electron chi connectivity index (χ3n) is 1.08. The van der Waals surface area contributed by atoms with Crippen LogP contribution in [-0.2, 0) is 23.6 Å². The lowest BCUT2D eigenvalue weighted by atomic mass is 11.0. The van der Waals surface area contributed by atoms with E-state index in [1.165, 1.54) is 0 Å². The van der Waals surface area contributed by atoms with E-state index in [9.17, 15) is 0 Å². The van der Waals surface area contributed by atoms with Crippen molar-refractivity contribution in [3.05, 3.63) is 10.4 Å². The number of nitrogens with zero attached hydrogens (tertiary/aromatic N) is 1. The maximum Gasteiger partial charge on any atom is 0.201 e. The zero-order chi connectivity index (χ0) is 10.0. The molecule has 0 fully saturated rings. The molecule has 0 aliphatic rings. The Morgan fingerprint density at radius 1 is 1.23 bits per heavy atom. The molecule has 0 aliphatic heterocycles.